The number of H-pyrrole nitrogens is 1. The Morgan fingerprint density at radius 1 is 1.73 bits per heavy atom. The molecule has 0 radical (unpaired) electrons. The zero-order valence-electron chi connectivity index (χ0n) is 8.23. The molecule has 15 heavy (non-hydrogen) atoms. The number of hydrogen-bond donors (Lipinski definition) is 2. The van der Waals surface area contributed by atoms with Crippen LogP contribution in [-0.4, -0.2) is 51.5 Å². The molecule has 1 atom stereocenters. The first-order chi connectivity index (χ1) is 7.18. The summed E-state index contributed by atoms with van der Waals surface area (Å²) >= 11 is 0. The maximum absolute atomic E-state index is 11.5. The highest BCUT2D eigenvalue weighted by atomic mass is 16.2. The van der Waals surface area contributed by atoms with Crippen molar-refractivity contribution in [2.24, 2.45) is 0 Å². The van der Waals surface area contributed by atoms with Crippen LogP contribution in [0.1, 0.15) is 17.0 Å². The van der Waals surface area contributed by atoms with E-state index in [1.165, 1.54) is 6.33 Å². The Bertz CT molecular complexity index is 374. The van der Waals surface area contributed by atoms with Crippen LogP contribution < -0.4 is 5.32 Å². The van der Waals surface area contributed by atoms with Crippen molar-refractivity contribution in [1.29, 1.82) is 0 Å². The molecule has 2 heterocycles. The standard InChI is InChI=1S/C8H11N5O2/c1-13-3-2-5(8(13)15)11-7(14)6-9-4-10-12-6/h4-5H,2-3H2,1H3,(H,11,14)(H,9,10,12). The molecule has 7 nitrogen and oxygen atoms in total. The lowest BCUT2D eigenvalue weighted by atomic mass is 10.2. The average Bonchev–Trinajstić information content (AvgIpc) is 2.83. The Labute approximate surface area is 85.9 Å². The zero-order chi connectivity index (χ0) is 10.8. The molecule has 0 bridgehead atoms. The number of carbonyl (C=O) groups excluding carboxylic acids is 2. The van der Waals surface area contributed by atoms with Gasteiger partial charge in [-0.3, -0.25) is 14.7 Å². The van der Waals surface area contributed by atoms with Crippen LogP contribution in [0, 0.1) is 0 Å². The number of aromatic amines is 1. The highest BCUT2D eigenvalue weighted by Gasteiger charge is 2.30. The minimum atomic E-state index is -0.437. The third-order valence-corrected chi connectivity index (χ3v) is 2.36. The third kappa shape index (κ3) is 1.80. The van der Waals surface area contributed by atoms with Crippen molar-refractivity contribution in [3.8, 4) is 0 Å². The highest BCUT2D eigenvalue weighted by Crippen LogP contribution is 2.08. The summed E-state index contributed by atoms with van der Waals surface area (Å²) in [7, 11) is 1.71. The molecule has 80 valence electrons. The quantitative estimate of drug-likeness (QED) is 0.637. The van der Waals surface area contributed by atoms with Crippen molar-refractivity contribution in [2.45, 2.75) is 12.5 Å². The van der Waals surface area contributed by atoms with Gasteiger partial charge in [0.25, 0.3) is 5.91 Å². The predicted octanol–water partition coefficient (Wildman–Crippen LogP) is -1.23. The first-order valence-corrected chi connectivity index (χ1v) is 4.59. The summed E-state index contributed by atoms with van der Waals surface area (Å²) in [4.78, 5) is 28.3. The number of likely N-dealkylation sites (N-methyl/N-ethyl adjacent to an activating group) is 1. The first kappa shape index (κ1) is 9.63. The summed E-state index contributed by atoms with van der Waals surface area (Å²) in [6.07, 6.45) is 1.88. The molecule has 0 aromatic carbocycles. The van der Waals surface area contributed by atoms with Gasteiger partial charge in [-0.2, -0.15) is 5.10 Å². The number of aromatic nitrogens is 3. The zero-order valence-corrected chi connectivity index (χ0v) is 8.23. The van der Waals surface area contributed by atoms with E-state index in [0.717, 1.165) is 0 Å². The van der Waals surface area contributed by atoms with Crippen LogP contribution in [0.25, 0.3) is 0 Å². The molecule has 0 saturated carbocycles. The van der Waals surface area contributed by atoms with Crippen LogP contribution in [0.4, 0.5) is 0 Å². The molecular formula is C8H11N5O2. The van der Waals surface area contributed by atoms with Gasteiger partial charge in [0.2, 0.25) is 11.7 Å². The largest absolute Gasteiger partial charge is 0.344 e. The maximum Gasteiger partial charge on any atom is 0.289 e. The number of nitrogens with one attached hydrogen (secondary N) is 2. The number of likely N-dealkylation sites (tertiary alicyclic amines) is 1. The monoisotopic (exact) mass is 209 g/mol. The van der Waals surface area contributed by atoms with Gasteiger partial charge in [-0.05, 0) is 6.42 Å². The maximum atomic E-state index is 11.5. The molecule has 7 heteroatoms. The van der Waals surface area contributed by atoms with E-state index in [0.29, 0.717) is 13.0 Å². The summed E-state index contributed by atoms with van der Waals surface area (Å²) in [5, 5.41) is 8.60. The smallest absolute Gasteiger partial charge is 0.289 e. The summed E-state index contributed by atoms with van der Waals surface area (Å²) in [6.45, 7) is 0.667. The Morgan fingerprint density at radius 2 is 2.53 bits per heavy atom. The van der Waals surface area contributed by atoms with Crippen molar-refractivity contribution in [2.75, 3.05) is 13.6 Å². The topological polar surface area (TPSA) is 91.0 Å². The summed E-state index contributed by atoms with van der Waals surface area (Å²) in [6, 6.07) is -0.437. The Balaban J connectivity index is 1.98. The Kier molecular flexibility index (Phi) is 2.36. The fourth-order valence-electron chi connectivity index (χ4n) is 1.50. The molecule has 0 aliphatic carbocycles. The van der Waals surface area contributed by atoms with Crippen LogP contribution >= 0.6 is 0 Å². The minimum absolute atomic E-state index is 0.0668. The van der Waals surface area contributed by atoms with E-state index in [4.69, 9.17) is 0 Å². The van der Waals surface area contributed by atoms with Gasteiger partial charge in [0.15, 0.2) is 0 Å². The van der Waals surface area contributed by atoms with Crippen molar-refractivity contribution in [3.63, 3.8) is 0 Å². The molecule has 1 aromatic heterocycles. The lowest BCUT2D eigenvalue weighted by Gasteiger charge is -2.10. The van der Waals surface area contributed by atoms with Gasteiger partial charge in [-0.25, -0.2) is 4.98 Å². The normalized spacial score (nSPS) is 20.7. The van der Waals surface area contributed by atoms with Crippen molar-refractivity contribution in [1.82, 2.24) is 25.4 Å². The second-order valence-electron chi connectivity index (χ2n) is 3.41. The molecule has 0 spiro atoms. The van der Waals surface area contributed by atoms with E-state index in [1.54, 1.807) is 11.9 Å². The van der Waals surface area contributed by atoms with Gasteiger partial charge in [-0.1, -0.05) is 0 Å². The molecule has 1 unspecified atom stereocenters. The molecule has 1 aromatic rings. The second kappa shape index (κ2) is 3.68. The third-order valence-electron chi connectivity index (χ3n) is 2.36. The van der Waals surface area contributed by atoms with Crippen molar-refractivity contribution in [3.05, 3.63) is 12.2 Å². The molecular weight excluding hydrogens is 198 g/mol. The SMILES string of the molecule is CN1CCC(NC(=O)c2ncn[nH]2)C1=O. The van der Waals surface area contributed by atoms with E-state index in [-0.39, 0.29) is 11.7 Å². The van der Waals surface area contributed by atoms with Gasteiger partial charge in [-0.15, -0.1) is 0 Å². The molecule has 1 aliphatic heterocycles. The van der Waals surface area contributed by atoms with Crippen LogP contribution in [0.15, 0.2) is 6.33 Å². The summed E-state index contributed by atoms with van der Waals surface area (Å²) < 4.78 is 0. The van der Waals surface area contributed by atoms with Gasteiger partial charge >= 0.3 is 0 Å². The average molecular weight is 209 g/mol. The fourth-order valence-corrected chi connectivity index (χ4v) is 1.50. The second-order valence-corrected chi connectivity index (χ2v) is 3.41. The van der Waals surface area contributed by atoms with E-state index < -0.39 is 11.9 Å². The summed E-state index contributed by atoms with van der Waals surface area (Å²) in [5.41, 5.74) is 0. The highest BCUT2D eigenvalue weighted by molar-refractivity contribution is 5.95. The van der Waals surface area contributed by atoms with Crippen molar-refractivity contribution < 1.29 is 9.59 Å². The molecule has 1 aliphatic rings. The Morgan fingerprint density at radius 3 is 3.07 bits per heavy atom. The Hall–Kier alpha value is -1.92. The van der Waals surface area contributed by atoms with E-state index in [1.807, 2.05) is 0 Å². The molecule has 2 amide bonds. The van der Waals surface area contributed by atoms with Gasteiger partial charge in [0.05, 0.1) is 0 Å². The van der Waals surface area contributed by atoms with Crippen LogP contribution in [0.2, 0.25) is 0 Å². The number of amides is 2. The van der Waals surface area contributed by atoms with Crippen LogP contribution in [0.3, 0.4) is 0 Å². The number of carbonyl (C=O) groups is 2. The first-order valence-electron chi connectivity index (χ1n) is 4.59. The number of rotatable bonds is 2. The molecule has 2 N–H and O–H groups in total. The van der Waals surface area contributed by atoms with Gasteiger partial charge in [0.1, 0.15) is 12.4 Å². The number of hydrogen-bond acceptors (Lipinski definition) is 4. The minimum Gasteiger partial charge on any atom is -0.344 e. The fraction of sp³-hybridized carbons (Fsp3) is 0.500. The van der Waals surface area contributed by atoms with Crippen molar-refractivity contribution >= 4 is 11.8 Å². The molecule has 1 fully saturated rings. The lowest BCUT2D eigenvalue weighted by molar-refractivity contribution is -0.128. The number of nitrogens with zero attached hydrogens (tertiary/aromatic N) is 3. The van der Waals surface area contributed by atoms with E-state index >= 15 is 0 Å². The van der Waals surface area contributed by atoms with E-state index in [2.05, 4.69) is 20.5 Å². The van der Waals surface area contributed by atoms with Gasteiger partial charge < -0.3 is 10.2 Å². The van der Waals surface area contributed by atoms with E-state index in [9.17, 15) is 9.59 Å². The lowest BCUT2D eigenvalue weighted by Crippen LogP contribution is -2.40. The predicted molar refractivity (Wildman–Crippen MR) is 49.9 cm³/mol. The van der Waals surface area contributed by atoms with Crippen LogP contribution in [-0.2, 0) is 4.79 Å². The molecule has 2 rings (SSSR count). The summed E-state index contributed by atoms with van der Waals surface area (Å²) in [5.74, 6) is -0.346. The van der Waals surface area contributed by atoms with Gasteiger partial charge in [0, 0.05) is 13.6 Å². The van der Waals surface area contributed by atoms with Crippen LogP contribution in [0.5, 0.6) is 0 Å². The molecule has 1 saturated heterocycles.